The Morgan fingerprint density at radius 3 is 2.29 bits per heavy atom. The zero-order chi connectivity index (χ0) is 12.4. The number of benzene rings is 1. The highest BCUT2D eigenvalue weighted by atomic mass is 19.2. The molecular formula is C11H8F4N2. The molecule has 0 aliphatic carbocycles. The number of halogens is 4. The largest absolute Gasteiger partial charge is 0.354 e. The van der Waals surface area contributed by atoms with E-state index in [4.69, 9.17) is 0 Å². The molecule has 6 heteroatoms. The van der Waals surface area contributed by atoms with Crippen molar-refractivity contribution in [3.05, 3.63) is 47.2 Å². The molecule has 1 aromatic carbocycles. The molecule has 90 valence electrons. The predicted molar refractivity (Wildman–Crippen MR) is 54.3 cm³/mol. The Balaban J connectivity index is 2.31. The van der Waals surface area contributed by atoms with Crippen LogP contribution in [-0.2, 0) is 6.54 Å². The number of rotatable bonds is 2. The van der Waals surface area contributed by atoms with E-state index in [9.17, 15) is 17.6 Å². The lowest BCUT2D eigenvalue weighted by Crippen LogP contribution is -2.21. The fourth-order valence-corrected chi connectivity index (χ4v) is 1.49. The van der Waals surface area contributed by atoms with E-state index in [1.54, 1.807) is 6.08 Å². The van der Waals surface area contributed by atoms with Gasteiger partial charge in [-0.15, -0.1) is 0 Å². The van der Waals surface area contributed by atoms with Crippen LogP contribution in [0.4, 0.5) is 17.6 Å². The molecule has 0 saturated carbocycles. The smallest absolute Gasteiger partial charge is 0.166 e. The number of hydrogen-bond acceptors (Lipinski definition) is 2. The Kier molecular flexibility index (Phi) is 3.12. The maximum atomic E-state index is 13.3. The molecule has 0 bridgehead atoms. The molecule has 0 N–H and O–H groups in total. The SMILES string of the molecule is Fc1cc(F)c(F)c(CN2C=CC=NC2)c1F. The molecule has 17 heavy (non-hydrogen) atoms. The molecule has 0 fully saturated rings. The minimum absolute atomic E-state index is 0.188. The lowest BCUT2D eigenvalue weighted by molar-refractivity contribution is 0.348. The molecule has 0 atom stereocenters. The van der Waals surface area contributed by atoms with Crippen LogP contribution in [0.15, 0.2) is 23.3 Å². The van der Waals surface area contributed by atoms with Gasteiger partial charge in [-0.25, -0.2) is 17.6 Å². The van der Waals surface area contributed by atoms with Crippen LogP contribution in [0.1, 0.15) is 5.56 Å². The highest BCUT2D eigenvalue weighted by Crippen LogP contribution is 2.21. The van der Waals surface area contributed by atoms with Gasteiger partial charge in [-0.3, -0.25) is 4.99 Å². The van der Waals surface area contributed by atoms with Gasteiger partial charge in [-0.05, 0) is 6.08 Å². The van der Waals surface area contributed by atoms with Crippen molar-refractivity contribution in [3.8, 4) is 0 Å². The Morgan fingerprint density at radius 1 is 1.12 bits per heavy atom. The molecule has 1 aliphatic heterocycles. The molecule has 0 unspecified atom stereocenters. The van der Waals surface area contributed by atoms with E-state index >= 15 is 0 Å². The van der Waals surface area contributed by atoms with Crippen molar-refractivity contribution < 1.29 is 17.6 Å². The van der Waals surface area contributed by atoms with Crippen molar-refractivity contribution in [3.63, 3.8) is 0 Å². The van der Waals surface area contributed by atoms with E-state index in [1.165, 1.54) is 17.3 Å². The minimum atomic E-state index is -1.40. The van der Waals surface area contributed by atoms with Gasteiger partial charge in [0.25, 0.3) is 0 Å². The number of hydrogen-bond donors (Lipinski definition) is 0. The second kappa shape index (κ2) is 4.57. The highest BCUT2D eigenvalue weighted by Gasteiger charge is 2.20. The van der Waals surface area contributed by atoms with Crippen molar-refractivity contribution in [1.82, 2.24) is 4.90 Å². The summed E-state index contributed by atoms with van der Waals surface area (Å²) in [6.07, 6.45) is 4.62. The van der Waals surface area contributed by atoms with Gasteiger partial charge in [0.2, 0.25) is 0 Å². The first kappa shape index (κ1) is 11.6. The van der Waals surface area contributed by atoms with Crippen LogP contribution in [0, 0.1) is 23.3 Å². The Hall–Kier alpha value is -1.85. The fraction of sp³-hybridized carbons (Fsp3) is 0.182. The van der Waals surface area contributed by atoms with Crippen LogP contribution >= 0.6 is 0 Å². The third kappa shape index (κ3) is 2.30. The van der Waals surface area contributed by atoms with Crippen LogP contribution in [-0.4, -0.2) is 17.8 Å². The fourth-order valence-electron chi connectivity index (χ4n) is 1.49. The van der Waals surface area contributed by atoms with Crippen LogP contribution in [0.5, 0.6) is 0 Å². The zero-order valence-corrected chi connectivity index (χ0v) is 8.63. The van der Waals surface area contributed by atoms with Gasteiger partial charge >= 0.3 is 0 Å². The lowest BCUT2D eigenvalue weighted by Gasteiger charge is -2.20. The van der Waals surface area contributed by atoms with Crippen LogP contribution in [0.25, 0.3) is 0 Å². The van der Waals surface area contributed by atoms with Crippen LogP contribution in [0.2, 0.25) is 0 Å². The van der Waals surface area contributed by atoms with E-state index in [2.05, 4.69) is 4.99 Å². The minimum Gasteiger partial charge on any atom is -0.354 e. The quantitative estimate of drug-likeness (QED) is 0.576. The average molecular weight is 244 g/mol. The number of allylic oxidation sites excluding steroid dienone is 1. The monoisotopic (exact) mass is 244 g/mol. The molecule has 0 spiro atoms. The van der Waals surface area contributed by atoms with Gasteiger partial charge in [-0.2, -0.15) is 0 Å². The molecule has 1 aromatic rings. The Morgan fingerprint density at radius 2 is 1.76 bits per heavy atom. The molecule has 1 heterocycles. The van der Waals surface area contributed by atoms with Gasteiger partial charge < -0.3 is 4.90 Å². The topological polar surface area (TPSA) is 15.6 Å². The summed E-state index contributed by atoms with van der Waals surface area (Å²) in [6, 6.07) is 0.193. The summed E-state index contributed by atoms with van der Waals surface area (Å²) in [4.78, 5) is 5.27. The van der Waals surface area contributed by atoms with Gasteiger partial charge in [-0.1, -0.05) is 0 Å². The van der Waals surface area contributed by atoms with Crippen molar-refractivity contribution in [2.24, 2.45) is 4.99 Å². The van der Waals surface area contributed by atoms with E-state index in [0.29, 0.717) is 0 Å². The van der Waals surface area contributed by atoms with Crippen LogP contribution < -0.4 is 0 Å². The Labute approximate surface area is 94.9 Å². The first-order valence-electron chi connectivity index (χ1n) is 4.82. The van der Waals surface area contributed by atoms with Crippen molar-refractivity contribution in [2.75, 3.05) is 6.67 Å². The lowest BCUT2D eigenvalue weighted by atomic mass is 10.1. The molecule has 0 radical (unpaired) electrons. The third-order valence-corrected chi connectivity index (χ3v) is 2.32. The second-order valence-electron chi connectivity index (χ2n) is 3.51. The van der Waals surface area contributed by atoms with Gasteiger partial charge in [0.1, 0.15) is 6.67 Å². The van der Waals surface area contributed by atoms with Crippen molar-refractivity contribution >= 4 is 6.21 Å². The van der Waals surface area contributed by atoms with Crippen molar-refractivity contribution in [1.29, 1.82) is 0 Å². The number of nitrogens with zero attached hydrogens (tertiary/aromatic N) is 2. The zero-order valence-electron chi connectivity index (χ0n) is 8.63. The molecule has 1 aliphatic rings. The van der Waals surface area contributed by atoms with Gasteiger partial charge in [0.05, 0.1) is 6.54 Å². The first-order chi connectivity index (χ1) is 8.09. The maximum Gasteiger partial charge on any atom is 0.166 e. The van der Waals surface area contributed by atoms with E-state index in [1.807, 2.05) is 0 Å². The highest BCUT2D eigenvalue weighted by molar-refractivity contribution is 5.71. The number of aliphatic imine (C=N–C) groups is 1. The normalized spacial score (nSPS) is 14.5. The summed E-state index contributed by atoms with van der Waals surface area (Å²) in [5.74, 6) is -5.54. The summed E-state index contributed by atoms with van der Waals surface area (Å²) < 4.78 is 52.5. The molecule has 2 nitrogen and oxygen atoms in total. The molecular weight excluding hydrogens is 236 g/mol. The van der Waals surface area contributed by atoms with Gasteiger partial charge in [0.15, 0.2) is 23.3 Å². The Bertz CT molecular complexity index is 470. The van der Waals surface area contributed by atoms with Crippen LogP contribution in [0.3, 0.4) is 0 Å². The summed E-state index contributed by atoms with van der Waals surface area (Å²) >= 11 is 0. The van der Waals surface area contributed by atoms with Gasteiger partial charge in [0, 0.05) is 24.0 Å². The summed E-state index contributed by atoms with van der Waals surface area (Å²) in [5, 5.41) is 0. The molecule has 2 rings (SSSR count). The summed E-state index contributed by atoms with van der Waals surface area (Å²) in [5.41, 5.74) is -0.635. The molecule has 0 amide bonds. The second-order valence-corrected chi connectivity index (χ2v) is 3.51. The first-order valence-corrected chi connectivity index (χ1v) is 4.82. The standard InChI is InChI=1S/C11H8F4N2/c12-8-4-9(13)11(15)7(10(8)14)5-17-3-1-2-16-6-17/h1-4H,5-6H2. The molecule has 0 aromatic heterocycles. The van der Waals surface area contributed by atoms with E-state index in [-0.39, 0.29) is 19.3 Å². The molecule has 0 saturated heterocycles. The third-order valence-electron chi connectivity index (χ3n) is 2.32. The van der Waals surface area contributed by atoms with E-state index in [0.717, 1.165) is 0 Å². The average Bonchev–Trinajstić information content (AvgIpc) is 2.33. The van der Waals surface area contributed by atoms with Crippen molar-refractivity contribution in [2.45, 2.75) is 6.54 Å². The predicted octanol–water partition coefficient (Wildman–Crippen LogP) is 2.60. The summed E-state index contributed by atoms with van der Waals surface area (Å²) in [6.45, 7) is -0.0896. The summed E-state index contributed by atoms with van der Waals surface area (Å²) in [7, 11) is 0. The maximum absolute atomic E-state index is 13.3. The van der Waals surface area contributed by atoms with E-state index < -0.39 is 28.8 Å².